The fourth-order valence-electron chi connectivity index (χ4n) is 4.78. The van der Waals surface area contributed by atoms with Crippen LogP contribution in [0.2, 0.25) is 0 Å². The van der Waals surface area contributed by atoms with Crippen LogP contribution in [0.4, 0.5) is 5.69 Å². The van der Waals surface area contributed by atoms with E-state index >= 15 is 0 Å². The van der Waals surface area contributed by atoms with Crippen molar-refractivity contribution in [3.05, 3.63) is 47.5 Å². The third-order valence-corrected chi connectivity index (χ3v) is 6.51. The summed E-state index contributed by atoms with van der Waals surface area (Å²) in [6.07, 6.45) is 3.63. The Morgan fingerprint density at radius 2 is 1.86 bits per heavy atom. The zero-order valence-corrected chi connectivity index (χ0v) is 16.3. The van der Waals surface area contributed by atoms with Crippen LogP contribution in [-0.2, 0) is 10.2 Å². The van der Waals surface area contributed by atoms with Gasteiger partial charge in [-0.1, -0.05) is 18.2 Å². The summed E-state index contributed by atoms with van der Waals surface area (Å²) in [5, 5.41) is 3.52. The lowest BCUT2D eigenvalue weighted by Gasteiger charge is -2.23. The second kappa shape index (κ2) is 6.39. The first-order valence-electron chi connectivity index (χ1n) is 10.5. The smallest absolute Gasteiger partial charge is 0.245 e. The average Bonchev–Trinajstić information content (AvgIpc) is 3.24. The first-order chi connectivity index (χ1) is 14.3. The summed E-state index contributed by atoms with van der Waals surface area (Å²) in [6.45, 7) is 3.26. The molecule has 150 valence electrons. The normalized spacial score (nSPS) is 23.4. The minimum atomic E-state index is -0.797. The Balaban J connectivity index is 1.31. The SMILES string of the molecule is O=C1N(CCCNCC2CC2)c2ccccc2C12COc1cc3c(cc12)OCO3. The van der Waals surface area contributed by atoms with Crippen molar-refractivity contribution in [3.8, 4) is 17.2 Å². The summed E-state index contributed by atoms with van der Waals surface area (Å²) in [5.74, 6) is 3.04. The molecule has 1 spiro atoms. The maximum Gasteiger partial charge on any atom is 0.245 e. The highest BCUT2D eigenvalue weighted by molar-refractivity contribution is 6.11. The van der Waals surface area contributed by atoms with Crippen molar-refractivity contribution < 1.29 is 19.0 Å². The summed E-state index contributed by atoms with van der Waals surface area (Å²) >= 11 is 0. The van der Waals surface area contributed by atoms with Crippen molar-refractivity contribution in [1.29, 1.82) is 0 Å². The van der Waals surface area contributed by atoms with Gasteiger partial charge in [-0.05, 0) is 56.0 Å². The Bertz CT molecular complexity index is 987. The van der Waals surface area contributed by atoms with Gasteiger partial charge in [-0.15, -0.1) is 0 Å². The maximum absolute atomic E-state index is 13.8. The van der Waals surface area contributed by atoms with Crippen molar-refractivity contribution in [2.45, 2.75) is 24.7 Å². The molecule has 29 heavy (non-hydrogen) atoms. The number of fused-ring (bicyclic) bond motifs is 5. The Morgan fingerprint density at radius 3 is 2.72 bits per heavy atom. The van der Waals surface area contributed by atoms with E-state index in [0.29, 0.717) is 30.4 Å². The highest BCUT2D eigenvalue weighted by Gasteiger charge is 2.57. The van der Waals surface area contributed by atoms with Crippen LogP contribution < -0.4 is 24.4 Å². The second-order valence-electron chi connectivity index (χ2n) is 8.37. The van der Waals surface area contributed by atoms with Crippen LogP contribution in [0.1, 0.15) is 30.4 Å². The van der Waals surface area contributed by atoms with Gasteiger partial charge >= 0.3 is 0 Å². The number of carbonyl (C=O) groups is 1. The van der Waals surface area contributed by atoms with Gasteiger partial charge < -0.3 is 24.4 Å². The van der Waals surface area contributed by atoms with E-state index in [4.69, 9.17) is 14.2 Å². The molecule has 0 bridgehead atoms. The van der Waals surface area contributed by atoms with E-state index in [2.05, 4.69) is 11.4 Å². The second-order valence-corrected chi connectivity index (χ2v) is 8.37. The highest BCUT2D eigenvalue weighted by Crippen LogP contribution is 2.54. The molecule has 1 unspecified atom stereocenters. The van der Waals surface area contributed by atoms with Gasteiger partial charge in [0, 0.05) is 23.9 Å². The minimum absolute atomic E-state index is 0.0958. The van der Waals surface area contributed by atoms with Crippen LogP contribution in [0, 0.1) is 5.92 Å². The summed E-state index contributed by atoms with van der Waals surface area (Å²) in [7, 11) is 0. The number of amides is 1. The monoisotopic (exact) mass is 392 g/mol. The van der Waals surface area contributed by atoms with Crippen LogP contribution >= 0.6 is 0 Å². The number of hydrogen-bond acceptors (Lipinski definition) is 5. The van der Waals surface area contributed by atoms with Gasteiger partial charge in [0.15, 0.2) is 11.5 Å². The molecule has 1 atom stereocenters. The number of anilines is 1. The van der Waals surface area contributed by atoms with E-state index in [1.165, 1.54) is 12.8 Å². The lowest BCUT2D eigenvalue weighted by atomic mass is 9.77. The number of rotatable bonds is 6. The summed E-state index contributed by atoms with van der Waals surface area (Å²) in [5.41, 5.74) is 2.10. The topological polar surface area (TPSA) is 60.0 Å². The molecule has 1 aliphatic carbocycles. The van der Waals surface area contributed by atoms with Crippen molar-refractivity contribution in [2.75, 3.05) is 37.9 Å². The predicted octanol–water partition coefficient (Wildman–Crippen LogP) is 2.83. The van der Waals surface area contributed by atoms with Gasteiger partial charge in [-0.25, -0.2) is 0 Å². The first kappa shape index (κ1) is 17.2. The van der Waals surface area contributed by atoms with Gasteiger partial charge in [0.25, 0.3) is 0 Å². The van der Waals surface area contributed by atoms with Crippen molar-refractivity contribution in [3.63, 3.8) is 0 Å². The fraction of sp³-hybridized carbons (Fsp3) is 0.435. The Labute approximate surface area is 169 Å². The van der Waals surface area contributed by atoms with Crippen LogP contribution in [-0.4, -0.2) is 38.9 Å². The summed E-state index contributed by atoms with van der Waals surface area (Å²) in [4.78, 5) is 15.7. The maximum atomic E-state index is 13.8. The van der Waals surface area contributed by atoms with Crippen molar-refractivity contribution in [2.24, 2.45) is 5.92 Å². The Hall–Kier alpha value is -2.73. The molecule has 2 aromatic rings. The van der Waals surface area contributed by atoms with Gasteiger partial charge in [0.05, 0.1) is 0 Å². The van der Waals surface area contributed by atoms with Crippen LogP contribution in [0.3, 0.4) is 0 Å². The molecule has 3 aliphatic heterocycles. The van der Waals surface area contributed by atoms with Crippen molar-refractivity contribution >= 4 is 11.6 Å². The Morgan fingerprint density at radius 1 is 1.03 bits per heavy atom. The number of hydrogen-bond donors (Lipinski definition) is 1. The lowest BCUT2D eigenvalue weighted by Crippen LogP contribution is -2.43. The van der Waals surface area contributed by atoms with E-state index in [1.807, 2.05) is 35.2 Å². The van der Waals surface area contributed by atoms with Gasteiger partial charge in [0.2, 0.25) is 12.7 Å². The van der Waals surface area contributed by atoms with Gasteiger partial charge in [-0.2, -0.15) is 0 Å². The van der Waals surface area contributed by atoms with E-state index in [0.717, 1.165) is 42.2 Å². The van der Waals surface area contributed by atoms with Crippen molar-refractivity contribution in [1.82, 2.24) is 5.32 Å². The lowest BCUT2D eigenvalue weighted by molar-refractivity contribution is -0.122. The molecule has 2 aromatic carbocycles. The average molecular weight is 392 g/mol. The molecule has 0 aromatic heterocycles. The molecular formula is C23H24N2O4. The quantitative estimate of drug-likeness (QED) is 0.766. The van der Waals surface area contributed by atoms with E-state index in [1.54, 1.807) is 0 Å². The van der Waals surface area contributed by atoms with Gasteiger partial charge in [-0.3, -0.25) is 4.79 Å². The first-order valence-corrected chi connectivity index (χ1v) is 10.5. The molecule has 1 saturated carbocycles. The number of carbonyl (C=O) groups excluding carboxylic acids is 1. The fourth-order valence-corrected chi connectivity index (χ4v) is 4.78. The molecule has 6 heteroatoms. The van der Waals surface area contributed by atoms with E-state index < -0.39 is 5.41 Å². The van der Waals surface area contributed by atoms with Crippen LogP contribution in [0.5, 0.6) is 17.2 Å². The molecule has 0 saturated heterocycles. The van der Waals surface area contributed by atoms with E-state index in [9.17, 15) is 4.79 Å². The van der Waals surface area contributed by atoms with E-state index in [-0.39, 0.29) is 12.7 Å². The van der Waals surface area contributed by atoms with Crippen LogP contribution in [0.25, 0.3) is 0 Å². The standard InChI is InChI=1S/C23H24N2O4/c26-22-23(13-27-19-11-21-20(10-17(19)23)28-14-29-21)16-4-1-2-5-18(16)25(22)9-3-8-24-12-15-6-7-15/h1-2,4-5,10-11,15,24H,3,6-9,12-14H2. The number of para-hydroxylation sites is 1. The minimum Gasteiger partial charge on any atom is -0.491 e. The Kier molecular flexibility index (Phi) is 3.78. The number of nitrogens with one attached hydrogen (secondary N) is 1. The van der Waals surface area contributed by atoms with Crippen LogP contribution in [0.15, 0.2) is 36.4 Å². The molecule has 1 amide bonds. The highest BCUT2D eigenvalue weighted by atomic mass is 16.7. The zero-order valence-electron chi connectivity index (χ0n) is 16.3. The molecule has 3 heterocycles. The third kappa shape index (κ3) is 2.55. The molecule has 0 radical (unpaired) electrons. The predicted molar refractivity (Wildman–Crippen MR) is 108 cm³/mol. The number of nitrogens with zero attached hydrogens (tertiary/aromatic N) is 1. The summed E-state index contributed by atoms with van der Waals surface area (Å²) in [6, 6.07) is 11.9. The molecule has 1 fully saturated rings. The molecular weight excluding hydrogens is 368 g/mol. The van der Waals surface area contributed by atoms with Gasteiger partial charge in [0.1, 0.15) is 17.8 Å². The zero-order chi connectivity index (χ0) is 19.4. The molecule has 4 aliphatic rings. The third-order valence-electron chi connectivity index (χ3n) is 6.51. The number of benzene rings is 2. The molecule has 1 N–H and O–H groups in total. The molecule has 6 rings (SSSR count). The largest absolute Gasteiger partial charge is 0.491 e. The summed E-state index contributed by atoms with van der Waals surface area (Å²) < 4.78 is 17.1. The number of ether oxygens (including phenoxy) is 3. The molecule has 6 nitrogen and oxygen atoms in total.